The average molecular weight is 629 g/mol. The number of sulfonamides is 1. The van der Waals surface area contributed by atoms with Crippen molar-refractivity contribution in [1.29, 1.82) is 0 Å². The molecule has 5 rings (SSSR count). The fourth-order valence-electron chi connectivity index (χ4n) is 5.02. The molecule has 1 unspecified atom stereocenters. The molecule has 2 heterocycles. The standard InChI is InChI=1S/C34H36N4O6S/c39-33(26-44-30-13-15-31(16-14-30)45(41,42)37-18-20-43-21-19-37)38(25-28-10-5-2-6-11-28)32(22-27-8-3-1-4-9-27)34(40)36-24-29-12-7-17-35-23-29/h1-17,23,32H,18-22,24-26H2,(H,36,40). The molecule has 1 aromatic heterocycles. The number of aromatic nitrogens is 1. The lowest BCUT2D eigenvalue weighted by Gasteiger charge is -2.31. The number of rotatable bonds is 13. The Morgan fingerprint density at radius 1 is 0.867 bits per heavy atom. The third-order valence-corrected chi connectivity index (χ3v) is 9.36. The van der Waals surface area contributed by atoms with Crippen LogP contribution in [0.15, 0.2) is 114 Å². The van der Waals surface area contributed by atoms with Gasteiger partial charge in [-0.05, 0) is 47.0 Å². The summed E-state index contributed by atoms with van der Waals surface area (Å²) in [7, 11) is -3.66. The normalized spacial score (nSPS) is 14.3. The third kappa shape index (κ3) is 8.75. The van der Waals surface area contributed by atoms with Crippen molar-refractivity contribution in [3.8, 4) is 5.75 Å². The lowest BCUT2D eigenvalue weighted by atomic mass is 10.0. The highest BCUT2D eigenvalue weighted by Gasteiger charge is 2.31. The van der Waals surface area contributed by atoms with E-state index in [1.165, 1.54) is 33.5 Å². The number of hydrogen-bond donors (Lipinski definition) is 1. The number of morpholine rings is 1. The summed E-state index contributed by atoms with van der Waals surface area (Å²) in [5.41, 5.74) is 2.61. The van der Waals surface area contributed by atoms with Crippen LogP contribution in [0.2, 0.25) is 0 Å². The fourth-order valence-corrected chi connectivity index (χ4v) is 6.42. The van der Waals surface area contributed by atoms with Crippen molar-refractivity contribution in [3.63, 3.8) is 0 Å². The van der Waals surface area contributed by atoms with E-state index in [2.05, 4.69) is 10.3 Å². The number of hydrogen-bond acceptors (Lipinski definition) is 7. The number of benzene rings is 3. The highest BCUT2D eigenvalue weighted by atomic mass is 32.2. The maximum absolute atomic E-state index is 13.9. The smallest absolute Gasteiger partial charge is 0.261 e. The zero-order valence-corrected chi connectivity index (χ0v) is 25.6. The van der Waals surface area contributed by atoms with Crippen LogP contribution in [0.4, 0.5) is 0 Å². The number of ether oxygens (including phenoxy) is 2. The van der Waals surface area contributed by atoms with Crippen LogP contribution >= 0.6 is 0 Å². The first-order valence-electron chi connectivity index (χ1n) is 14.7. The molecule has 45 heavy (non-hydrogen) atoms. The summed E-state index contributed by atoms with van der Waals surface area (Å²) in [6, 6.07) is 27.9. The van der Waals surface area contributed by atoms with Gasteiger partial charge in [-0.25, -0.2) is 8.42 Å². The Labute approximate surface area is 263 Å². The topological polar surface area (TPSA) is 118 Å². The van der Waals surface area contributed by atoms with Crippen molar-refractivity contribution in [2.45, 2.75) is 30.4 Å². The first-order chi connectivity index (χ1) is 21.9. The van der Waals surface area contributed by atoms with Gasteiger partial charge in [-0.2, -0.15) is 4.31 Å². The molecule has 3 aromatic carbocycles. The van der Waals surface area contributed by atoms with Gasteiger partial charge in [0.25, 0.3) is 5.91 Å². The van der Waals surface area contributed by atoms with Crippen molar-refractivity contribution in [1.82, 2.24) is 19.5 Å². The molecule has 1 N–H and O–H groups in total. The first kappa shape index (κ1) is 31.8. The van der Waals surface area contributed by atoms with Crippen molar-refractivity contribution in [2.24, 2.45) is 0 Å². The third-order valence-electron chi connectivity index (χ3n) is 7.45. The molecule has 11 heteroatoms. The predicted molar refractivity (Wildman–Crippen MR) is 169 cm³/mol. The summed E-state index contributed by atoms with van der Waals surface area (Å²) >= 11 is 0. The molecule has 1 saturated heterocycles. The largest absolute Gasteiger partial charge is 0.484 e. The first-order valence-corrected chi connectivity index (χ1v) is 16.2. The minimum atomic E-state index is -3.66. The van der Waals surface area contributed by atoms with Gasteiger partial charge >= 0.3 is 0 Å². The summed E-state index contributed by atoms with van der Waals surface area (Å²) in [6.45, 7) is 1.42. The second kappa shape index (κ2) is 15.4. The Balaban J connectivity index is 1.34. The molecule has 0 bridgehead atoms. The summed E-state index contributed by atoms with van der Waals surface area (Å²) < 4.78 is 38.5. The monoisotopic (exact) mass is 628 g/mol. The maximum Gasteiger partial charge on any atom is 0.261 e. The van der Waals surface area contributed by atoms with E-state index in [9.17, 15) is 18.0 Å². The zero-order valence-electron chi connectivity index (χ0n) is 24.8. The quantitative estimate of drug-likeness (QED) is 0.241. The van der Waals surface area contributed by atoms with Crippen molar-refractivity contribution >= 4 is 21.8 Å². The van der Waals surface area contributed by atoms with E-state index in [1.54, 1.807) is 18.5 Å². The number of pyridine rings is 1. The van der Waals surface area contributed by atoms with Gasteiger partial charge in [0.15, 0.2) is 6.61 Å². The Bertz CT molecular complexity index is 1630. The SMILES string of the molecule is O=C(NCc1cccnc1)C(Cc1ccccc1)N(Cc1ccccc1)C(=O)COc1ccc(S(=O)(=O)N2CCOCC2)cc1. The van der Waals surface area contributed by atoms with Crippen LogP contribution in [0.1, 0.15) is 16.7 Å². The van der Waals surface area contributed by atoms with Crippen LogP contribution in [0, 0.1) is 0 Å². The van der Waals surface area contributed by atoms with E-state index < -0.39 is 16.1 Å². The average Bonchev–Trinajstić information content (AvgIpc) is 3.09. The lowest BCUT2D eigenvalue weighted by Crippen LogP contribution is -2.51. The van der Waals surface area contributed by atoms with Crippen molar-refractivity contribution < 1.29 is 27.5 Å². The summed E-state index contributed by atoms with van der Waals surface area (Å²) in [6.07, 6.45) is 3.65. The fraction of sp³-hybridized carbons (Fsp3) is 0.265. The van der Waals surface area contributed by atoms with E-state index in [0.717, 1.165) is 16.7 Å². The zero-order chi connectivity index (χ0) is 31.5. The lowest BCUT2D eigenvalue weighted by molar-refractivity contribution is -0.142. The van der Waals surface area contributed by atoms with Gasteiger partial charge in [-0.3, -0.25) is 14.6 Å². The van der Waals surface area contributed by atoms with E-state index in [1.807, 2.05) is 66.7 Å². The van der Waals surface area contributed by atoms with Crippen molar-refractivity contribution in [2.75, 3.05) is 32.9 Å². The molecule has 4 aromatic rings. The molecule has 0 aliphatic carbocycles. The van der Waals surface area contributed by atoms with Crippen LogP contribution < -0.4 is 10.1 Å². The molecular weight excluding hydrogens is 592 g/mol. The van der Waals surface area contributed by atoms with Gasteiger partial charge in [0.05, 0.1) is 18.1 Å². The van der Waals surface area contributed by atoms with Crippen LogP contribution in [0.5, 0.6) is 5.75 Å². The summed E-state index contributed by atoms with van der Waals surface area (Å²) in [5, 5.41) is 2.98. The number of amides is 2. The van der Waals surface area contributed by atoms with Crippen LogP contribution in [0.25, 0.3) is 0 Å². The molecule has 1 aliphatic heterocycles. The summed E-state index contributed by atoms with van der Waals surface area (Å²) in [5.74, 6) is -0.351. The number of nitrogens with one attached hydrogen (secondary N) is 1. The molecule has 1 atom stereocenters. The van der Waals surface area contributed by atoms with Gasteiger partial charge in [0, 0.05) is 45.0 Å². The predicted octanol–water partition coefficient (Wildman–Crippen LogP) is 3.44. The number of nitrogens with zero attached hydrogens (tertiary/aromatic N) is 3. The van der Waals surface area contributed by atoms with Gasteiger partial charge < -0.3 is 19.7 Å². The van der Waals surface area contributed by atoms with Crippen LogP contribution in [-0.2, 0) is 43.9 Å². The minimum Gasteiger partial charge on any atom is -0.484 e. The van der Waals surface area contributed by atoms with E-state index in [0.29, 0.717) is 38.5 Å². The molecule has 10 nitrogen and oxygen atoms in total. The van der Waals surface area contributed by atoms with Gasteiger partial charge in [0.1, 0.15) is 11.8 Å². The minimum absolute atomic E-state index is 0.141. The number of carbonyl (C=O) groups excluding carboxylic acids is 2. The number of carbonyl (C=O) groups is 2. The second-order valence-electron chi connectivity index (χ2n) is 10.6. The summed E-state index contributed by atoms with van der Waals surface area (Å²) in [4.78, 5) is 33.4. The van der Waals surface area contributed by atoms with Gasteiger partial charge in [-0.1, -0.05) is 66.7 Å². The highest BCUT2D eigenvalue weighted by Crippen LogP contribution is 2.21. The molecular formula is C34H36N4O6S. The van der Waals surface area contributed by atoms with Crippen molar-refractivity contribution in [3.05, 3.63) is 126 Å². The van der Waals surface area contributed by atoms with E-state index in [-0.39, 0.29) is 36.4 Å². The molecule has 234 valence electrons. The van der Waals surface area contributed by atoms with E-state index >= 15 is 0 Å². The Hall–Kier alpha value is -4.58. The van der Waals surface area contributed by atoms with Crippen LogP contribution in [0.3, 0.4) is 0 Å². The highest BCUT2D eigenvalue weighted by molar-refractivity contribution is 7.89. The Morgan fingerprint density at radius 3 is 2.16 bits per heavy atom. The van der Waals surface area contributed by atoms with E-state index in [4.69, 9.17) is 9.47 Å². The molecule has 2 amide bonds. The molecule has 1 fully saturated rings. The Kier molecular flexibility index (Phi) is 10.9. The second-order valence-corrected chi connectivity index (χ2v) is 12.5. The Morgan fingerprint density at radius 2 is 1.51 bits per heavy atom. The van der Waals surface area contributed by atoms with Crippen LogP contribution in [-0.4, -0.2) is 73.4 Å². The molecule has 1 aliphatic rings. The maximum atomic E-state index is 13.9. The van der Waals surface area contributed by atoms with Gasteiger partial charge in [0.2, 0.25) is 15.9 Å². The molecule has 0 radical (unpaired) electrons. The van der Waals surface area contributed by atoms with Gasteiger partial charge in [-0.15, -0.1) is 0 Å². The molecule has 0 spiro atoms. The molecule has 0 saturated carbocycles.